The predicted molar refractivity (Wildman–Crippen MR) is 71.5 cm³/mol. The normalized spacial score (nSPS) is 19.2. The molecule has 0 spiro atoms. The van der Waals surface area contributed by atoms with Gasteiger partial charge in [0.2, 0.25) is 0 Å². The van der Waals surface area contributed by atoms with Crippen molar-refractivity contribution in [3.8, 4) is 0 Å². The van der Waals surface area contributed by atoms with Crippen LogP contribution < -0.4 is 0 Å². The molecule has 0 aromatic carbocycles. The van der Waals surface area contributed by atoms with Gasteiger partial charge in [-0.15, -0.1) is 0 Å². The maximum atomic E-state index is 12.5. The molecule has 1 fully saturated rings. The van der Waals surface area contributed by atoms with Gasteiger partial charge in [0.15, 0.2) is 0 Å². The van der Waals surface area contributed by atoms with Crippen LogP contribution in [-0.2, 0) is 4.79 Å². The number of carboxylic acids is 1. The van der Waals surface area contributed by atoms with Gasteiger partial charge in [-0.25, -0.2) is 4.79 Å². The highest BCUT2D eigenvalue weighted by atomic mass is 35.5. The maximum absolute atomic E-state index is 12.5. The third-order valence-corrected chi connectivity index (χ3v) is 3.60. The first-order valence-electron chi connectivity index (χ1n) is 6.33. The van der Waals surface area contributed by atoms with Crippen LogP contribution in [0.15, 0.2) is 12.3 Å². The summed E-state index contributed by atoms with van der Waals surface area (Å²) in [7, 11) is 0. The van der Waals surface area contributed by atoms with Crippen molar-refractivity contribution in [1.82, 2.24) is 9.47 Å². The number of amides is 1. The SMILES string of the molecule is CC(C)n1cc(Cl)cc1C(=O)N1CCCC1C(=O)O. The zero-order chi connectivity index (χ0) is 14.2. The summed E-state index contributed by atoms with van der Waals surface area (Å²) in [6.07, 6.45) is 2.93. The number of carboxylic acid groups (broad SMARTS) is 1. The summed E-state index contributed by atoms with van der Waals surface area (Å²) in [6, 6.07) is 0.973. The van der Waals surface area contributed by atoms with Gasteiger partial charge in [-0.3, -0.25) is 4.79 Å². The fourth-order valence-corrected chi connectivity index (χ4v) is 2.67. The summed E-state index contributed by atoms with van der Waals surface area (Å²) in [6.45, 7) is 4.38. The molecule has 1 unspecified atom stereocenters. The second kappa shape index (κ2) is 5.25. The topological polar surface area (TPSA) is 62.5 Å². The second-order valence-electron chi connectivity index (χ2n) is 5.04. The van der Waals surface area contributed by atoms with Crippen LogP contribution in [-0.4, -0.2) is 39.0 Å². The summed E-state index contributed by atoms with van der Waals surface area (Å²) in [5, 5.41) is 9.63. The van der Waals surface area contributed by atoms with Crippen LogP contribution in [0, 0.1) is 0 Å². The molecule has 1 aliphatic rings. The average molecular weight is 285 g/mol. The molecule has 5 nitrogen and oxygen atoms in total. The lowest BCUT2D eigenvalue weighted by Gasteiger charge is -2.23. The minimum Gasteiger partial charge on any atom is -0.480 e. The number of carbonyl (C=O) groups is 2. The van der Waals surface area contributed by atoms with E-state index >= 15 is 0 Å². The standard InChI is InChI=1S/C13H17ClN2O3/c1-8(2)16-7-9(14)6-11(16)12(17)15-5-3-4-10(15)13(18)19/h6-8,10H,3-5H2,1-2H3,(H,18,19). The molecular weight excluding hydrogens is 268 g/mol. The highest BCUT2D eigenvalue weighted by Crippen LogP contribution is 2.24. The number of aromatic nitrogens is 1. The number of aliphatic carboxylic acids is 1. The Labute approximate surface area is 116 Å². The van der Waals surface area contributed by atoms with Gasteiger partial charge in [-0.1, -0.05) is 11.6 Å². The summed E-state index contributed by atoms with van der Waals surface area (Å²) < 4.78 is 1.78. The molecule has 0 saturated carbocycles. The molecule has 19 heavy (non-hydrogen) atoms. The van der Waals surface area contributed by atoms with E-state index in [1.807, 2.05) is 13.8 Å². The molecule has 1 amide bonds. The van der Waals surface area contributed by atoms with Crippen LogP contribution in [0.3, 0.4) is 0 Å². The Morgan fingerprint density at radius 2 is 2.16 bits per heavy atom. The summed E-state index contributed by atoms with van der Waals surface area (Å²) in [5.41, 5.74) is 0.452. The fourth-order valence-electron chi connectivity index (χ4n) is 2.46. The minimum absolute atomic E-state index is 0.0948. The highest BCUT2D eigenvalue weighted by molar-refractivity contribution is 6.31. The van der Waals surface area contributed by atoms with Gasteiger partial charge < -0.3 is 14.6 Å². The molecule has 1 aromatic rings. The van der Waals surface area contributed by atoms with Gasteiger partial charge >= 0.3 is 5.97 Å². The molecule has 0 radical (unpaired) electrons. The monoisotopic (exact) mass is 284 g/mol. The second-order valence-corrected chi connectivity index (χ2v) is 5.48. The van der Waals surface area contributed by atoms with E-state index in [1.54, 1.807) is 16.8 Å². The highest BCUT2D eigenvalue weighted by Gasteiger charge is 2.35. The molecular formula is C13H17ClN2O3. The molecule has 1 saturated heterocycles. The average Bonchev–Trinajstić information content (AvgIpc) is 2.93. The number of carbonyl (C=O) groups excluding carboxylic acids is 1. The Morgan fingerprint density at radius 3 is 2.74 bits per heavy atom. The zero-order valence-corrected chi connectivity index (χ0v) is 11.7. The van der Waals surface area contributed by atoms with E-state index in [1.165, 1.54) is 4.90 Å². The summed E-state index contributed by atoms with van der Waals surface area (Å²) in [5.74, 6) is -1.20. The third kappa shape index (κ3) is 2.61. The van der Waals surface area contributed by atoms with Crippen LogP contribution in [0.1, 0.15) is 43.2 Å². The smallest absolute Gasteiger partial charge is 0.326 e. The van der Waals surface area contributed by atoms with Gasteiger partial charge in [-0.05, 0) is 32.8 Å². The lowest BCUT2D eigenvalue weighted by molar-refractivity contribution is -0.141. The quantitative estimate of drug-likeness (QED) is 0.927. The predicted octanol–water partition coefficient (Wildman–Crippen LogP) is 2.41. The first-order valence-corrected chi connectivity index (χ1v) is 6.70. The van der Waals surface area contributed by atoms with Crippen LogP contribution in [0.25, 0.3) is 0 Å². The molecule has 1 N–H and O–H groups in total. The van der Waals surface area contributed by atoms with Crippen LogP contribution in [0.5, 0.6) is 0 Å². The van der Waals surface area contributed by atoms with Crippen LogP contribution in [0.4, 0.5) is 0 Å². The minimum atomic E-state index is -0.945. The molecule has 2 heterocycles. The molecule has 0 bridgehead atoms. The largest absolute Gasteiger partial charge is 0.480 e. The van der Waals surface area contributed by atoms with Crippen molar-refractivity contribution < 1.29 is 14.7 Å². The van der Waals surface area contributed by atoms with E-state index in [0.29, 0.717) is 23.7 Å². The van der Waals surface area contributed by atoms with E-state index in [4.69, 9.17) is 16.7 Å². The fraction of sp³-hybridized carbons (Fsp3) is 0.538. The molecule has 1 aromatic heterocycles. The first kappa shape index (κ1) is 13.9. The van der Waals surface area contributed by atoms with Crippen molar-refractivity contribution in [2.45, 2.75) is 38.8 Å². The van der Waals surface area contributed by atoms with E-state index < -0.39 is 12.0 Å². The lowest BCUT2D eigenvalue weighted by atomic mass is 10.2. The van der Waals surface area contributed by atoms with Crippen molar-refractivity contribution >= 4 is 23.5 Å². The number of halogens is 1. The number of rotatable bonds is 3. The van der Waals surface area contributed by atoms with Crippen LogP contribution in [0.2, 0.25) is 5.02 Å². The van der Waals surface area contributed by atoms with Crippen molar-refractivity contribution in [1.29, 1.82) is 0 Å². The molecule has 0 aliphatic carbocycles. The number of likely N-dealkylation sites (tertiary alicyclic amines) is 1. The Bertz CT molecular complexity index is 510. The molecule has 1 aliphatic heterocycles. The maximum Gasteiger partial charge on any atom is 0.326 e. The lowest BCUT2D eigenvalue weighted by Crippen LogP contribution is -2.41. The zero-order valence-electron chi connectivity index (χ0n) is 11.0. The Morgan fingerprint density at radius 1 is 1.47 bits per heavy atom. The molecule has 6 heteroatoms. The summed E-state index contributed by atoms with van der Waals surface area (Å²) in [4.78, 5) is 25.1. The van der Waals surface area contributed by atoms with Crippen molar-refractivity contribution in [3.05, 3.63) is 23.0 Å². The van der Waals surface area contributed by atoms with Crippen LogP contribution >= 0.6 is 11.6 Å². The Balaban J connectivity index is 2.31. The summed E-state index contributed by atoms with van der Waals surface area (Å²) >= 11 is 5.95. The first-order chi connectivity index (χ1) is 8.91. The van der Waals surface area contributed by atoms with Crippen molar-refractivity contribution in [2.24, 2.45) is 0 Å². The number of hydrogen-bond acceptors (Lipinski definition) is 2. The number of nitrogens with zero attached hydrogens (tertiary/aromatic N) is 2. The Hall–Kier alpha value is -1.49. The van der Waals surface area contributed by atoms with Gasteiger partial charge in [0.1, 0.15) is 11.7 Å². The van der Waals surface area contributed by atoms with E-state index in [2.05, 4.69) is 0 Å². The Kier molecular flexibility index (Phi) is 3.85. The van der Waals surface area contributed by atoms with E-state index in [0.717, 1.165) is 6.42 Å². The molecule has 1 atom stereocenters. The van der Waals surface area contributed by atoms with Crippen molar-refractivity contribution in [3.63, 3.8) is 0 Å². The molecule has 104 valence electrons. The third-order valence-electron chi connectivity index (χ3n) is 3.39. The van der Waals surface area contributed by atoms with E-state index in [-0.39, 0.29) is 11.9 Å². The van der Waals surface area contributed by atoms with Crippen molar-refractivity contribution in [2.75, 3.05) is 6.54 Å². The van der Waals surface area contributed by atoms with E-state index in [9.17, 15) is 9.59 Å². The van der Waals surface area contributed by atoms with Gasteiger partial charge in [0.05, 0.1) is 5.02 Å². The van der Waals surface area contributed by atoms with Gasteiger partial charge in [-0.2, -0.15) is 0 Å². The number of hydrogen-bond donors (Lipinski definition) is 1. The van der Waals surface area contributed by atoms with Gasteiger partial charge in [0, 0.05) is 18.8 Å². The molecule has 2 rings (SSSR count). The van der Waals surface area contributed by atoms with Gasteiger partial charge in [0.25, 0.3) is 5.91 Å².